The number of aliphatic hydroxyl groups is 7. The van der Waals surface area contributed by atoms with Gasteiger partial charge in [0.15, 0.2) is 18.7 Å². The Hall–Kier alpha value is -3.58. The van der Waals surface area contributed by atoms with Crippen molar-refractivity contribution in [3.63, 3.8) is 0 Å². The molecule has 0 saturated carbocycles. The van der Waals surface area contributed by atoms with Crippen LogP contribution in [-0.4, -0.2) is 142 Å². The van der Waals surface area contributed by atoms with Crippen molar-refractivity contribution in [1.82, 2.24) is 0 Å². The molecule has 2 heterocycles. The first-order valence-electron chi connectivity index (χ1n) is 23.9. The fourth-order valence-electron chi connectivity index (χ4n) is 6.72. The molecule has 5 unspecified atom stereocenters. The van der Waals surface area contributed by atoms with Gasteiger partial charge >= 0.3 is 11.9 Å². The van der Waals surface area contributed by atoms with E-state index in [4.69, 9.17) is 28.4 Å². The van der Waals surface area contributed by atoms with E-state index in [1.54, 1.807) is 0 Å². The maximum absolute atomic E-state index is 12.9. The summed E-state index contributed by atoms with van der Waals surface area (Å²) in [7, 11) is 0. The average molecular weight is 933 g/mol. The lowest BCUT2D eigenvalue weighted by atomic mass is 9.98. The maximum atomic E-state index is 12.9. The molecule has 2 rings (SSSR count). The van der Waals surface area contributed by atoms with Gasteiger partial charge in [0, 0.05) is 12.8 Å². The van der Waals surface area contributed by atoms with Crippen LogP contribution in [0.3, 0.4) is 0 Å². The molecule has 0 aromatic rings. The van der Waals surface area contributed by atoms with E-state index >= 15 is 0 Å². The van der Waals surface area contributed by atoms with Crippen molar-refractivity contribution in [3.8, 4) is 0 Å². The SMILES string of the molecule is CC/C=C/C=C/C=C/CCCCCCCC(=O)OC(COC(=O)CCC/C=C/C/C=C/C/C=C/C/C=C/C/C=C/CC)CO[C@@H]1O[C@H](CO[C@@H]2O[C@H](CO)[C@H](O)C(O)C2O)[C@H](O)C(O)C1O. The smallest absolute Gasteiger partial charge is 0.306 e. The van der Waals surface area contributed by atoms with Gasteiger partial charge in [-0.3, -0.25) is 9.59 Å². The number of hydrogen-bond donors (Lipinski definition) is 7. The zero-order chi connectivity index (χ0) is 48.2. The monoisotopic (exact) mass is 933 g/mol. The topological polar surface area (TPSA) is 231 Å². The second-order valence-corrected chi connectivity index (χ2v) is 16.2. The summed E-state index contributed by atoms with van der Waals surface area (Å²) in [6.07, 6.45) is 28.8. The van der Waals surface area contributed by atoms with Gasteiger partial charge in [0.05, 0.1) is 19.8 Å². The Kier molecular flexibility index (Phi) is 33.2. The number of rotatable bonds is 34. The van der Waals surface area contributed by atoms with E-state index in [0.29, 0.717) is 19.3 Å². The van der Waals surface area contributed by atoms with Crippen LogP contribution in [0.5, 0.6) is 0 Å². The van der Waals surface area contributed by atoms with Gasteiger partial charge in [-0.05, 0) is 70.6 Å². The van der Waals surface area contributed by atoms with Crippen LogP contribution in [0.2, 0.25) is 0 Å². The maximum Gasteiger partial charge on any atom is 0.306 e. The van der Waals surface area contributed by atoms with E-state index in [1.807, 2.05) is 36.5 Å². The third-order valence-corrected chi connectivity index (χ3v) is 10.6. The molecular weight excluding hydrogens is 853 g/mol. The molecule has 0 spiro atoms. The molecule has 374 valence electrons. The highest BCUT2D eigenvalue weighted by Crippen LogP contribution is 2.26. The Morgan fingerprint density at radius 3 is 1.62 bits per heavy atom. The lowest BCUT2D eigenvalue weighted by Gasteiger charge is -2.42. The average Bonchev–Trinajstić information content (AvgIpc) is 3.31. The van der Waals surface area contributed by atoms with Gasteiger partial charge in [-0.25, -0.2) is 0 Å². The number of allylic oxidation sites excluding steroid dienone is 16. The van der Waals surface area contributed by atoms with Crippen LogP contribution in [-0.2, 0) is 38.0 Å². The van der Waals surface area contributed by atoms with E-state index in [9.17, 15) is 45.3 Å². The summed E-state index contributed by atoms with van der Waals surface area (Å²) >= 11 is 0. The molecule has 66 heavy (non-hydrogen) atoms. The van der Waals surface area contributed by atoms with Gasteiger partial charge in [-0.15, -0.1) is 0 Å². The summed E-state index contributed by atoms with van der Waals surface area (Å²) in [5.74, 6) is -1.03. The molecule has 11 atom stereocenters. The molecule has 0 aromatic heterocycles. The van der Waals surface area contributed by atoms with E-state index < -0.39 is 99.3 Å². The Bertz CT molecular complexity index is 1520. The fourth-order valence-corrected chi connectivity index (χ4v) is 6.72. The molecule has 0 radical (unpaired) electrons. The Balaban J connectivity index is 1.87. The number of carbonyl (C=O) groups is 2. The van der Waals surface area contributed by atoms with Gasteiger partial charge in [-0.2, -0.15) is 0 Å². The number of carbonyl (C=O) groups excluding carboxylic acids is 2. The van der Waals surface area contributed by atoms with Crippen LogP contribution in [0, 0.1) is 0 Å². The Morgan fingerprint density at radius 2 is 1.00 bits per heavy atom. The second kappa shape index (κ2) is 37.4. The largest absolute Gasteiger partial charge is 0.462 e. The molecule has 7 N–H and O–H groups in total. The van der Waals surface area contributed by atoms with Crippen LogP contribution in [0.1, 0.15) is 117 Å². The zero-order valence-corrected chi connectivity index (χ0v) is 39.1. The lowest BCUT2D eigenvalue weighted by Crippen LogP contribution is -2.61. The first-order chi connectivity index (χ1) is 32.0. The van der Waals surface area contributed by atoms with Gasteiger partial charge in [-0.1, -0.05) is 130 Å². The van der Waals surface area contributed by atoms with Crippen molar-refractivity contribution < 1.29 is 73.8 Å². The van der Waals surface area contributed by atoms with Gasteiger partial charge in [0.2, 0.25) is 0 Å². The molecule has 0 bridgehead atoms. The highest BCUT2D eigenvalue weighted by Gasteiger charge is 2.47. The quantitative estimate of drug-likeness (QED) is 0.0175. The number of esters is 2. The summed E-state index contributed by atoms with van der Waals surface area (Å²) in [5, 5.41) is 71.9. The van der Waals surface area contributed by atoms with E-state index in [2.05, 4.69) is 74.6 Å². The second-order valence-electron chi connectivity index (χ2n) is 16.2. The van der Waals surface area contributed by atoms with Crippen LogP contribution >= 0.6 is 0 Å². The first-order valence-corrected chi connectivity index (χ1v) is 23.9. The molecule has 2 saturated heterocycles. The third-order valence-electron chi connectivity index (χ3n) is 10.6. The van der Waals surface area contributed by atoms with Crippen molar-refractivity contribution >= 4 is 11.9 Å². The number of ether oxygens (including phenoxy) is 6. The predicted molar refractivity (Wildman–Crippen MR) is 252 cm³/mol. The minimum absolute atomic E-state index is 0.124. The number of aliphatic hydroxyl groups excluding tert-OH is 7. The molecule has 2 fully saturated rings. The third kappa shape index (κ3) is 25.5. The minimum atomic E-state index is -1.78. The number of hydrogen-bond acceptors (Lipinski definition) is 15. The number of unbranched alkanes of at least 4 members (excludes halogenated alkanes) is 6. The van der Waals surface area contributed by atoms with Crippen molar-refractivity contribution in [3.05, 3.63) is 97.2 Å². The van der Waals surface area contributed by atoms with Crippen LogP contribution in [0.15, 0.2) is 97.2 Å². The highest BCUT2D eigenvalue weighted by atomic mass is 16.7. The molecule has 15 nitrogen and oxygen atoms in total. The normalized spacial score (nSPS) is 27.0. The summed E-state index contributed by atoms with van der Waals surface area (Å²) < 4.78 is 33.4. The van der Waals surface area contributed by atoms with Crippen molar-refractivity contribution in [2.45, 2.75) is 184 Å². The molecule has 15 heteroatoms. The van der Waals surface area contributed by atoms with Crippen molar-refractivity contribution in [2.75, 3.05) is 26.4 Å². The van der Waals surface area contributed by atoms with E-state index in [0.717, 1.165) is 70.6 Å². The minimum Gasteiger partial charge on any atom is -0.462 e. The van der Waals surface area contributed by atoms with E-state index in [1.165, 1.54) is 0 Å². The van der Waals surface area contributed by atoms with E-state index in [-0.39, 0.29) is 19.4 Å². The Morgan fingerprint density at radius 1 is 0.500 bits per heavy atom. The van der Waals surface area contributed by atoms with Crippen LogP contribution in [0.4, 0.5) is 0 Å². The summed E-state index contributed by atoms with van der Waals surface area (Å²) in [5.41, 5.74) is 0. The summed E-state index contributed by atoms with van der Waals surface area (Å²) in [4.78, 5) is 25.7. The summed E-state index contributed by atoms with van der Waals surface area (Å²) in [6.45, 7) is 2.22. The highest BCUT2D eigenvalue weighted by molar-refractivity contribution is 5.70. The molecular formula is C51H80O15. The van der Waals surface area contributed by atoms with Crippen LogP contribution < -0.4 is 0 Å². The summed E-state index contributed by atoms with van der Waals surface area (Å²) in [6, 6.07) is 0. The predicted octanol–water partition coefficient (Wildman–Crippen LogP) is 5.81. The van der Waals surface area contributed by atoms with Gasteiger partial charge < -0.3 is 64.2 Å². The van der Waals surface area contributed by atoms with Gasteiger partial charge in [0.25, 0.3) is 0 Å². The zero-order valence-electron chi connectivity index (χ0n) is 39.1. The molecule has 0 aliphatic carbocycles. The molecule has 2 aliphatic heterocycles. The fraction of sp³-hybridized carbons (Fsp3) is 0.647. The standard InChI is InChI=1S/C51H80O15/c1-3-5-7-9-11-13-15-17-18-19-20-22-23-25-27-29-31-33-42(53)61-36-39(64-43(54)34-32-30-28-26-24-21-16-14-12-10-8-6-4-2)37-62-50-49(60)47(58)45(56)41(66-50)38-63-51-48(59)46(57)44(55)40(35-52)65-51/h5-8,10-14,16-18,20,22,25,27,39-41,44-52,55-60H,3-4,9,15,19,21,23-24,26,28-38H2,1-2H3/b7-5+,8-6+,12-10+,13-11+,16-14+,18-17+,22-20+,27-25+/t39?,40-,41-,44+,45+,46?,47?,48?,49?,50-,51-/m1/s1. The molecule has 2 aliphatic rings. The van der Waals surface area contributed by atoms with Gasteiger partial charge in [0.1, 0.15) is 55.4 Å². The lowest BCUT2D eigenvalue weighted by molar-refractivity contribution is -0.332. The molecule has 0 amide bonds. The van der Waals surface area contributed by atoms with Crippen molar-refractivity contribution in [1.29, 1.82) is 0 Å². The first kappa shape index (κ1) is 58.5. The van der Waals surface area contributed by atoms with Crippen molar-refractivity contribution in [2.24, 2.45) is 0 Å². The molecule has 0 aromatic carbocycles. The van der Waals surface area contributed by atoms with Crippen LogP contribution in [0.25, 0.3) is 0 Å². The Labute approximate surface area is 392 Å².